The smallest absolute Gasteiger partial charge is 0.134 e. The van der Waals surface area contributed by atoms with E-state index in [1.807, 2.05) is 0 Å². The Labute approximate surface area is 127 Å². The summed E-state index contributed by atoms with van der Waals surface area (Å²) >= 11 is 0. The average molecular weight is 292 g/mol. The van der Waals surface area contributed by atoms with Crippen molar-refractivity contribution in [2.75, 3.05) is 30.3 Å². The van der Waals surface area contributed by atoms with Crippen LogP contribution in [0, 0.1) is 6.92 Å². The van der Waals surface area contributed by atoms with E-state index in [2.05, 4.69) is 41.4 Å². The summed E-state index contributed by atoms with van der Waals surface area (Å²) in [5.41, 5.74) is 1.09. The molecule has 5 heteroatoms. The highest BCUT2D eigenvalue weighted by atomic mass is 16.5. The second-order valence-corrected chi connectivity index (χ2v) is 5.61. The molecule has 0 aromatic carbocycles. The standard InChI is InChI=1S/C16H28N4O/c1-4-8-14-19-15(17-5-2)12(3)16(20-14)18-11-13-9-6-7-10-21-13/h13H,4-11H2,1-3H3,(H2,17,18,19,20). The van der Waals surface area contributed by atoms with Gasteiger partial charge in [-0.05, 0) is 39.5 Å². The fourth-order valence-corrected chi connectivity index (χ4v) is 2.59. The Morgan fingerprint density at radius 1 is 1.14 bits per heavy atom. The average Bonchev–Trinajstić information content (AvgIpc) is 2.50. The van der Waals surface area contributed by atoms with Crippen molar-refractivity contribution in [3.63, 3.8) is 0 Å². The molecule has 5 nitrogen and oxygen atoms in total. The van der Waals surface area contributed by atoms with Crippen molar-refractivity contribution in [2.45, 2.75) is 59.0 Å². The summed E-state index contributed by atoms with van der Waals surface area (Å²) in [7, 11) is 0. The molecule has 0 spiro atoms. The summed E-state index contributed by atoms with van der Waals surface area (Å²) in [5.74, 6) is 2.80. The third kappa shape index (κ3) is 4.56. The third-order valence-electron chi connectivity index (χ3n) is 3.78. The Kier molecular flexibility index (Phi) is 6.23. The molecule has 0 radical (unpaired) electrons. The van der Waals surface area contributed by atoms with Gasteiger partial charge in [-0.1, -0.05) is 6.92 Å². The van der Waals surface area contributed by atoms with Crippen molar-refractivity contribution in [1.29, 1.82) is 0 Å². The van der Waals surface area contributed by atoms with Crippen LogP contribution in [0.15, 0.2) is 0 Å². The van der Waals surface area contributed by atoms with Crippen molar-refractivity contribution >= 4 is 11.6 Å². The molecule has 1 saturated heterocycles. The molecule has 1 atom stereocenters. The zero-order valence-corrected chi connectivity index (χ0v) is 13.5. The van der Waals surface area contributed by atoms with Crippen molar-refractivity contribution in [3.8, 4) is 0 Å². The Hall–Kier alpha value is -1.36. The lowest BCUT2D eigenvalue weighted by molar-refractivity contribution is 0.0247. The van der Waals surface area contributed by atoms with Gasteiger partial charge in [-0.15, -0.1) is 0 Å². The van der Waals surface area contributed by atoms with Crippen LogP contribution in [-0.4, -0.2) is 35.8 Å². The van der Waals surface area contributed by atoms with Crippen LogP contribution in [0.2, 0.25) is 0 Å². The second-order valence-electron chi connectivity index (χ2n) is 5.61. The molecule has 118 valence electrons. The monoisotopic (exact) mass is 292 g/mol. The van der Waals surface area contributed by atoms with Gasteiger partial charge in [-0.2, -0.15) is 0 Å². The van der Waals surface area contributed by atoms with E-state index < -0.39 is 0 Å². The maximum Gasteiger partial charge on any atom is 0.134 e. The van der Waals surface area contributed by atoms with Crippen molar-refractivity contribution in [2.24, 2.45) is 0 Å². The van der Waals surface area contributed by atoms with Crippen molar-refractivity contribution in [1.82, 2.24) is 9.97 Å². The lowest BCUT2D eigenvalue weighted by atomic mass is 10.1. The summed E-state index contributed by atoms with van der Waals surface area (Å²) in [6.07, 6.45) is 5.87. The maximum absolute atomic E-state index is 5.77. The molecule has 1 aliphatic heterocycles. The quantitative estimate of drug-likeness (QED) is 0.808. The summed E-state index contributed by atoms with van der Waals surface area (Å²) in [4.78, 5) is 9.29. The van der Waals surface area contributed by atoms with Crippen LogP contribution >= 0.6 is 0 Å². The fraction of sp³-hybridized carbons (Fsp3) is 0.750. The zero-order valence-electron chi connectivity index (χ0n) is 13.5. The number of aromatic nitrogens is 2. The zero-order chi connectivity index (χ0) is 15.1. The Bertz CT molecular complexity index is 444. The SMILES string of the molecule is CCCc1nc(NCC)c(C)c(NCC2CCCCO2)n1. The van der Waals surface area contributed by atoms with Crippen LogP contribution in [0.25, 0.3) is 0 Å². The molecule has 2 N–H and O–H groups in total. The van der Waals surface area contributed by atoms with Crippen LogP contribution in [0.5, 0.6) is 0 Å². The molecule has 1 aliphatic rings. The lowest BCUT2D eigenvalue weighted by Crippen LogP contribution is -2.27. The number of hydrogen-bond donors (Lipinski definition) is 2. The molecule has 2 rings (SSSR count). The first kappa shape index (κ1) is 16.0. The van der Waals surface area contributed by atoms with Crippen LogP contribution in [0.1, 0.15) is 50.9 Å². The minimum Gasteiger partial charge on any atom is -0.376 e. The first-order valence-corrected chi connectivity index (χ1v) is 8.21. The van der Waals surface area contributed by atoms with E-state index in [4.69, 9.17) is 4.74 Å². The van der Waals surface area contributed by atoms with Crippen LogP contribution < -0.4 is 10.6 Å². The summed E-state index contributed by atoms with van der Waals surface area (Å²) < 4.78 is 5.77. The summed E-state index contributed by atoms with van der Waals surface area (Å²) in [6, 6.07) is 0. The number of ether oxygens (including phenoxy) is 1. The van der Waals surface area contributed by atoms with Gasteiger partial charge in [0.05, 0.1) is 6.10 Å². The molecule has 0 amide bonds. The minimum absolute atomic E-state index is 0.310. The van der Waals surface area contributed by atoms with Gasteiger partial charge in [0.2, 0.25) is 0 Å². The van der Waals surface area contributed by atoms with E-state index in [-0.39, 0.29) is 0 Å². The Morgan fingerprint density at radius 3 is 2.52 bits per heavy atom. The number of nitrogens with one attached hydrogen (secondary N) is 2. The number of rotatable bonds is 7. The maximum atomic E-state index is 5.77. The fourth-order valence-electron chi connectivity index (χ4n) is 2.59. The number of aryl methyl sites for hydroxylation is 1. The predicted molar refractivity (Wildman–Crippen MR) is 87.0 cm³/mol. The van der Waals surface area contributed by atoms with E-state index >= 15 is 0 Å². The molecule has 0 saturated carbocycles. The largest absolute Gasteiger partial charge is 0.376 e. The number of nitrogens with zero attached hydrogens (tertiary/aromatic N) is 2. The molecule has 1 aromatic heterocycles. The van der Waals surface area contributed by atoms with Gasteiger partial charge in [-0.3, -0.25) is 0 Å². The van der Waals surface area contributed by atoms with E-state index in [0.29, 0.717) is 6.10 Å². The normalized spacial score (nSPS) is 18.5. The van der Waals surface area contributed by atoms with Gasteiger partial charge in [0.1, 0.15) is 17.5 Å². The first-order chi connectivity index (χ1) is 10.2. The third-order valence-corrected chi connectivity index (χ3v) is 3.78. The molecular formula is C16H28N4O. The van der Waals surface area contributed by atoms with Gasteiger partial charge in [0.15, 0.2) is 0 Å². The van der Waals surface area contributed by atoms with E-state index in [0.717, 1.165) is 62.0 Å². The highest BCUT2D eigenvalue weighted by molar-refractivity contribution is 5.57. The number of anilines is 2. The highest BCUT2D eigenvalue weighted by Gasteiger charge is 2.15. The van der Waals surface area contributed by atoms with Crippen LogP contribution in [0.4, 0.5) is 11.6 Å². The van der Waals surface area contributed by atoms with E-state index in [1.54, 1.807) is 0 Å². The summed E-state index contributed by atoms with van der Waals surface area (Å²) in [5, 5.41) is 6.79. The molecule has 21 heavy (non-hydrogen) atoms. The molecule has 1 aromatic rings. The van der Waals surface area contributed by atoms with Gasteiger partial charge in [-0.25, -0.2) is 9.97 Å². The first-order valence-electron chi connectivity index (χ1n) is 8.21. The molecular weight excluding hydrogens is 264 g/mol. The number of hydrogen-bond acceptors (Lipinski definition) is 5. The van der Waals surface area contributed by atoms with E-state index in [1.165, 1.54) is 12.8 Å². The van der Waals surface area contributed by atoms with Gasteiger partial charge < -0.3 is 15.4 Å². The molecule has 0 aliphatic carbocycles. The predicted octanol–water partition coefficient (Wildman–Crippen LogP) is 3.15. The topological polar surface area (TPSA) is 59.1 Å². The van der Waals surface area contributed by atoms with Gasteiger partial charge >= 0.3 is 0 Å². The molecule has 2 heterocycles. The lowest BCUT2D eigenvalue weighted by Gasteiger charge is -2.23. The van der Waals surface area contributed by atoms with Crippen molar-refractivity contribution in [3.05, 3.63) is 11.4 Å². The Balaban J connectivity index is 2.08. The van der Waals surface area contributed by atoms with Crippen molar-refractivity contribution < 1.29 is 4.74 Å². The highest BCUT2D eigenvalue weighted by Crippen LogP contribution is 2.21. The molecule has 0 bridgehead atoms. The van der Waals surface area contributed by atoms with Crippen LogP contribution in [0.3, 0.4) is 0 Å². The summed E-state index contributed by atoms with van der Waals surface area (Å²) in [6.45, 7) is 8.89. The van der Waals surface area contributed by atoms with Gasteiger partial charge in [0.25, 0.3) is 0 Å². The van der Waals surface area contributed by atoms with E-state index in [9.17, 15) is 0 Å². The molecule has 1 unspecified atom stereocenters. The second kappa shape index (κ2) is 8.17. The molecule has 1 fully saturated rings. The Morgan fingerprint density at radius 2 is 1.90 bits per heavy atom. The minimum atomic E-state index is 0.310. The van der Waals surface area contributed by atoms with Gasteiger partial charge in [0, 0.05) is 31.7 Å². The van der Waals surface area contributed by atoms with Crippen LogP contribution in [-0.2, 0) is 11.2 Å².